The Morgan fingerprint density at radius 2 is 2.13 bits per heavy atom. The first kappa shape index (κ1) is 11.1. The molecule has 0 saturated carbocycles. The molecule has 0 aromatic carbocycles. The Morgan fingerprint density at radius 3 is 2.73 bits per heavy atom. The standard InChI is InChI=1S/C10H14IN3O/c1-10(15)2-4-14(5-3-10)9-8(11)6-12-7-13-9/h6-7,15H,2-5H2,1H3. The quantitative estimate of drug-likeness (QED) is 0.796. The highest BCUT2D eigenvalue weighted by Gasteiger charge is 2.28. The van der Waals surface area contributed by atoms with Crippen molar-refractivity contribution in [3.8, 4) is 0 Å². The predicted octanol–water partition coefficient (Wildman–Crippen LogP) is 1.43. The molecule has 0 aliphatic carbocycles. The van der Waals surface area contributed by atoms with Gasteiger partial charge in [0.2, 0.25) is 0 Å². The van der Waals surface area contributed by atoms with Crippen LogP contribution >= 0.6 is 22.6 Å². The number of anilines is 1. The van der Waals surface area contributed by atoms with Gasteiger partial charge < -0.3 is 10.0 Å². The van der Waals surface area contributed by atoms with E-state index in [4.69, 9.17) is 0 Å². The number of hydrogen-bond acceptors (Lipinski definition) is 4. The number of hydrogen-bond donors (Lipinski definition) is 1. The Hall–Kier alpha value is -0.430. The zero-order valence-corrected chi connectivity index (χ0v) is 10.8. The van der Waals surface area contributed by atoms with Crippen LogP contribution in [0.15, 0.2) is 12.5 Å². The molecule has 82 valence electrons. The van der Waals surface area contributed by atoms with Crippen molar-refractivity contribution in [2.45, 2.75) is 25.4 Å². The SMILES string of the molecule is CC1(O)CCN(c2ncncc2I)CC1. The molecule has 1 aliphatic heterocycles. The highest BCUT2D eigenvalue weighted by atomic mass is 127. The van der Waals surface area contributed by atoms with Crippen LogP contribution in [0.1, 0.15) is 19.8 Å². The van der Waals surface area contributed by atoms with Crippen LogP contribution in [0.5, 0.6) is 0 Å². The lowest BCUT2D eigenvalue weighted by molar-refractivity contribution is 0.0350. The van der Waals surface area contributed by atoms with Crippen molar-refractivity contribution in [3.05, 3.63) is 16.1 Å². The first-order valence-corrected chi connectivity index (χ1v) is 6.09. The van der Waals surface area contributed by atoms with Gasteiger partial charge in [-0.2, -0.15) is 0 Å². The van der Waals surface area contributed by atoms with E-state index in [0.29, 0.717) is 0 Å². The van der Waals surface area contributed by atoms with E-state index in [1.807, 2.05) is 13.1 Å². The number of aliphatic hydroxyl groups is 1. The highest BCUT2D eigenvalue weighted by Crippen LogP contribution is 2.26. The molecule has 0 bridgehead atoms. The molecule has 0 amide bonds. The minimum Gasteiger partial charge on any atom is -0.390 e. The molecule has 1 N–H and O–H groups in total. The van der Waals surface area contributed by atoms with Crippen LogP contribution < -0.4 is 4.90 Å². The second-order valence-electron chi connectivity index (χ2n) is 4.18. The first-order chi connectivity index (χ1) is 7.08. The van der Waals surface area contributed by atoms with Crippen LogP contribution in [0, 0.1) is 3.57 Å². The Morgan fingerprint density at radius 1 is 1.47 bits per heavy atom. The molecule has 0 spiro atoms. The van der Waals surface area contributed by atoms with Crippen LogP contribution in [0.3, 0.4) is 0 Å². The van der Waals surface area contributed by atoms with E-state index in [2.05, 4.69) is 37.5 Å². The summed E-state index contributed by atoms with van der Waals surface area (Å²) in [6.45, 7) is 3.62. The van der Waals surface area contributed by atoms with Gasteiger partial charge in [-0.25, -0.2) is 9.97 Å². The molecule has 1 aliphatic rings. The molecular formula is C10H14IN3O. The summed E-state index contributed by atoms with van der Waals surface area (Å²) in [5, 5.41) is 9.85. The van der Waals surface area contributed by atoms with E-state index in [9.17, 15) is 5.11 Å². The van der Waals surface area contributed by atoms with Crippen molar-refractivity contribution in [2.75, 3.05) is 18.0 Å². The van der Waals surface area contributed by atoms with E-state index in [-0.39, 0.29) is 0 Å². The third kappa shape index (κ3) is 2.57. The minimum atomic E-state index is -0.505. The fraction of sp³-hybridized carbons (Fsp3) is 0.600. The third-order valence-corrected chi connectivity index (χ3v) is 3.55. The van der Waals surface area contributed by atoms with Crippen molar-refractivity contribution < 1.29 is 5.11 Å². The monoisotopic (exact) mass is 319 g/mol. The van der Waals surface area contributed by atoms with E-state index >= 15 is 0 Å². The maximum Gasteiger partial charge on any atom is 0.145 e. The number of rotatable bonds is 1. The average Bonchev–Trinajstić information content (AvgIpc) is 2.19. The lowest BCUT2D eigenvalue weighted by Crippen LogP contribution is -2.43. The zero-order valence-electron chi connectivity index (χ0n) is 8.65. The van der Waals surface area contributed by atoms with Gasteiger partial charge in [-0.05, 0) is 42.4 Å². The van der Waals surface area contributed by atoms with Crippen molar-refractivity contribution in [1.29, 1.82) is 0 Å². The number of aromatic nitrogens is 2. The molecular weight excluding hydrogens is 305 g/mol. The van der Waals surface area contributed by atoms with E-state index in [1.54, 1.807) is 6.33 Å². The first-order valence-electron chi connectivity index (χ1n) is 5.01. The summed E-state index contributed by atoms with van der Waals surface area (Å²) >= 11 is 2.24. The Kier molecular flexibility index (Phi) is 3.11. The van der Waals surface area contributed by atoms with Crippen LogP contribution in [-0.4, -0.2) is 33.8 Å². The van der Waals surface area contributed by atoms with Gasteiger partial charge in [0.05, 0.1) is 9.17 Å². The molecule has 4 nitrogen and oxygen atoms in total. The molecule has 2 heterocycles. The largest absolute Gasteiger partial charge is 0.390 e. The predicted molar refractivity (Wildman–Crippen MR) is 66.8 cm³/mol. The van der Waals surface area contributed by atoms with Gasteiger partial charge in [-0.3, -0.25) is 0 Å². The number of piperidine rings is 1. The molecule has 15 heavy (non-hydrogen) atoms. The minimum absolute atomic E-state index is 0.505. The number of nitrogens with zero attached hydrogens (tertiary/aromatic N) is 3. The second kappa shape index (κ2) is 4.21. The molecule has 2 rings (SSSR count). The molecule has 1 aromatic heterocycles. The van der Waals surface area contributed by atoms with Gasteiger partial charge in [0, 0.05) is 19.3 Å². The van der Waals surface area contributed by atoms with E-state index < -0.39 is 5.60 Å². The van der Waals surface area contributed by atoms with Gasteiger partial charge in [0.15, 0.2) is 0 Å². The smallest absolute Gasteiger partial charge is 0.145 e. The maximum atomic E-state index is 9.85. The lowest BCUT2D eigenvalue weighted by atomic mass is 9.94. The molecule has 0 unspecified atom stereocenters. The summed E-state index contributed by atoms with van der Waals surface area (Å²) in [6.07, 6.45) is 4.99. The van der Waals surface area contributed by atoms with Gasteiger partial charge in [0.25, 0.3) is 0 Å². The summed E-state index contributed by atoms with van der Waals surface area (Å²) < 4.78 is 1.07. The molecule has 0 atom stereocenters. The summed E-state index contributed by atoms with van der Waals surface area (Å²) in [5.74, 6) is 0.987. The van der Waals surface area contributed by atoms with Crippen molar-refractivity contribution in [1.82, 2.24) is 9.97 Å². The maximum absolute atomic E-state index is 9.85. The summed E-state index contributed by atoms with van der Waals surface area (Å²) in [7, 11) is 0. The molecule has 1 aromatic rings. The fourth-order valence-corrected chi connectivity index (χ4v) is 2.38. The van der Waals surface area contributed by atoms with Crippen molar-refractivity contribution in [2.24, 2.45) is 0 Å². The molecule has 5 heteroatoms. The van der Waals surface area contributed by atoms with Gasteiger partial charge in [-0.15, -0.1) is 0 Å². The molecule has 0 radical (unpaired) electrons. The Balaban J connectivity index is 2.11. The summed E-state index contributed by atoms with van der Waals surface area (Å²) in [6, 6.07) is 0. The van der Waals surface area contributed by atoms with Crippen LogP contribution in [0.25, 0.3) is 0 Å². The normalized spacial score (nSPS) is 20.3. The fourth-order valence-electron chi connectivity index (χ4n) is 1.74. The molecule has 1 fully saturated rings. The zero-order chi connectivity index (χ0) is 10.9. The van der Waals surface area contributed by atoms with Crippen LogP contribution in [-0.2, 0) is 0 Å². The topological polar surface area (TPSA) is 49.2 Å². The lowest BCUT2D eigenvalue weighted by Gasteiger charge is -2.36. The third-order valence-electron chi connectivity index (χ3n) is 2.79. The van der Waals surface area contributed by atoms with Gasteiger partial charge in [-0.1, -0.05) is 0 Å². The van der Waals surface area contributed by atoms with E-state index in [0.717, 1.165) is 35.3 Å². The van der Waals surface area contributed by atoms with Crippen molar-refractivity contribution in [3.63, 3.8) is 0 Å². The second-order valence-corrected chi connectivity index (χ2v) is 5.34. The van der Waals surface area contributed by atoms with Crippen LogP contribution in [0.2, 0.25) is 0 Å². The van der Waals surface area contributed by atoms with E-state index in [1.165, 1.54) is 0 Å². The van der Waals surface area contributed by atoms with Crippen molar-refractivity contribution >= 4 is 28.4 Å². The van der Waals surface area contributed by atoms with Gasteiger partial charge in [0.1, 0.15) is 12.1 Å². The number of halogens is 1. The molecule has 1 saturated heterocycles. The van der Waals surface area contributed by atoms with Crippen LogP contribution in [0.4, 0.5) is 5.82 Å². The summed E-state index contributed by atoms with van der Waals surface area (Å²) in [4.78, 5) is 10.5. The Labute approximate surface area is 103 Å². The Bertz CT molecular complexity index is 346. The van der Waals surface area contributed by atoms with Gasteiger partial charge >= 0.3 is 0 Å². The summed E-state index contributed by atoms with van der Waals surface area (Å²) in [5.41, 5.74) is -0.505. The highest BCUT2D eigenvalue weighted by molar-refractivity contribution is 14.1. The average molecular weight is 319 g/mol.